The molecule has 0 saturated heterocycles. The van der Waals surface area contributed by atoms with Crippen LogP contribution in [0.25, 0.3) is 0 Å². The van der Waals surface area contributed by atoms with Crippen molar-refractivity contribution in [2.24, 2.45) is 11.8 Å². The van der Waals surface area contributed by atoms with Gasteiger partial charge in [-0.25, -0.2) is 0 Å². The maximum absolute atomic E-state index is 9.70. The first kappa shape index (κ1) is 9.47. The van der Waals surface area contributed by atoms with Crippen molar-refractivity contribution in [2.45, 2.75) is 51.2 Å². The summed E-state index contributed by atoms with van der Waals surface area (Å²) >= 11 is 0. The summed E-state index contributed by atoms with van der Waals surface area (Å²) in [6.07, 6.45) is 6.38. The zero-order valence-corrected chi connectivity index (χ0v) is 8.41. The highest BCUT2D eigenvalue weighted by Gasteiger charge is 2.36. The van der Waals surface area contributed by atoms with Gasteiger partial charge in [-0.15, -0.1) is 0 Å². The van der Waals surface area contributed by atoms with E-state index in [1.807, 2.05) is 6.92 Å². The minimum absolute atomic E-state index is 0.00687. The van der Waals surface area contributed by atoms with Crippen LogP contribution in [-0.2, 0) is 4.74 Å². The Balaban J connectivity index is 1.58. The molecule has 2 fully saturated rings. The standard InChI is InChI=1S/C11H20O2/c1-2-13-10-5-8(6-10)7-11(12)9-3-4-9/h8-12H,2-7H2,1H3. The number of hydrogen-bond donors (Lipinski definition) is 1. The van der Waals surface area contributed by atoms with E-state index in [2.05, 4.69) is 0 Å². The van der Waals surface area contributed by atoms with Crippen LogP contribution in [0, 0.1) is 11.8 Å². The van der Waals surface area contributed by atoms with E-state index in [9.17, 15) is 5.11 Å². The third-order valence-electron chi connectivity index (χ3n) is 3.34. The molecule has 0 amide bonds. The predicted molar refractivity (Wildman–Crippen MR) is 51.5 cm³/mol. The molecule has 1 N–H and O–H groups in total. The third kappa shape index (κ3) is 2.44. The van der Waals surface area contributed by atoms with Crippen LogP contribution in [0.2, 0.25) is 0 Å². The molecular formula is C11H20O2. The van der Waals surface area contributed by atoms with Gasteiger partial charge >= 0.3 is 0 Å². The van der Waals surface area contributed by atoms with Crippen molar-refractivity contribution in [2.75, 3.05) is 6.61 Å². The Morgan fingerprint density at radius 3 is 2.62 bits per heavy atom. The minimum atomic E-state index is -0.00687. The summed E-state index contributed by atoms with van der Waals surface area (Å²) in [7, 11) is 0. The fourth-order valence-corrected chi connectivity index (χ4v) is 2.25. The van der Waals surface area contributed by atoms with E-state index in [0.29, 0.717) is 12.0 Å². The molecule has 0 spiro atoms. The van der Waals surface area contributed by atoms with E-state index in [4.69, 9.17) is 4.74 Å². The molecule has 13 heavy (non-hydrogen) atoms. The van der Waals surface area contributed by atoms with Crippen molar-refractivity contribution in [3.8, 4) is 0 Å². The number of aliphatic hydroxyl groups excluding tert-OH is 1. The highest BCUT2D eigenvalue weighted by molar-refractivity contribution is 4.87. The van der Waals surface area contributed by atoms with E-state index in [1.54, 1.807) is 0 Å². The van der Waals surface area contributed by atoms with E-state index < -0.39 is 0 Å². The normalized spacial score (nSPS) is 35.5. The Morgan fingerprint density at radius 2 is 2.08 bits per heavy atom. The third-order valence-corrected chi connectivity index (χ3v) is 3.34. The number of rotatable bonds is 5. The maximum atomic E-state index is 9.70. The first-order valence-electron chi connectivity index (χ1n) is 5.59. The monoisotopic (exact) mass is 184 g/mol. The van der Waals surface area contributed by atoms with Crippen LogP contribution in [0.15, 0.2) is 0 Å². The molecule has 1 unspecified atom stereocenters. The van der Waals surface area contributed by atoms with Crippen LogP contribution in [0.4, 0.5) is 0 Å². The fourth-order valence-electron chi connectivity index (χ4n) is 2.25. The van der Waals surface area contributed by atoms with Crippen molar-refractivity contribution in [1.82, 2.24) is 0 Å². The quantitative estimate of drug-likeness (QED) is 0.707. The molecule has 2 saturated carbocycles. The van der Waals surface area contributed by atoms with Gasteiger partial charge in [0.15, 0.2) is 0 Å². The van der Waals surface area contributed by atoms with E-state index in [0.717, 1.165) is 18.9 Å². The van der Waals surface area contributed by atoms with E-state index in [1.165, 1.54) is 25.7 Å². The molecule has 2 heteroatoms. The lowest BCUT2D eigenvalue weighted by Gasteiger charge is -2.36. The van der Waals surface area contributed by atoms with Crippen molar-refractivity contribution >= 4 is 0 Å². The molecule has 2 rings (SSSR count). The van der Waals surface area contributed by atoms with Crippen LogP contribution in [0.1, 0.15) is 39.0 Å². The summed E-state index contributed by atoms with van der Waals surface area (Å²) in [5, 5.41) is 9.70. The van der Waals surface area contributed by atoms with Crippen LogP contribution >= 0.6 is 0 Å². The molecule has 0 bridgehead atoms. The van der Waals surface area contributed by atoms with Gasteiger partial charge in [-0.2, -0.15) is 0 Å². The largest absolute Gasteiger partial charge is 0.393 e. The lowest BCUT2D eigenvalue weighted by molar-refractivity contribution is -0.0395. The van der Waals surface area contributed by atoms with Gasteiger partial charge in [-0.05, 0) is 50.9 Å². The second-order valence-electron chi connectivity index (χ2n) is 4.56. The molecule has 1 atom stereocenters. The average Bonchev–Trinajstić information content (AvgIpc) is 2.82. The smallest absolute Gasteiger partial charge is 0.0580 e. The van der Waals surface area contributed by atoms with Crippen molar-refractivity contribution in [3.05, 3.63) is 0 Å². The Kier molecular flexibility index (Phi) is 2.89. The topological polar surface area (TPSA) is 29.5 Å². The summed E-state index contributed by atoms with van der Waals surface area (Å²) in [6.45, 7) is 2.88. The summed E-state index contributed by atoms with van der Waals surface area (Å²) in [4.78, 5) is 0. The van der Waals surface area contributed by atoms with Crippen molar-refractivity contribution < 1.29 is 9.84 Å². The van der Waals surface area contributed by atoms with Gasteiger partial charge in [0.2, 0.25) is 0 Å². The Bertz CT molecular complexity index is 159. The predicted octanol–water partition coefficient (Wildman–Crippen LogP) is 1.96. The first-order chi connectivity index (χ1) is 6.29. The van der Waals surface area contributed by atoms with E-state index in [-0.39, 0.29) is 6.10 Å². The molecule has 0 aliphatic heterocycles. The van der Waals surface area contributed by atoms with Crippen LogP contribution < -0.4 is 0 Å². The lowest BCUT2D eigenvalue weighted by atomic mass is 9.78. The molecule has 0 heterocycles. The molecule has 0 aromatic heterocycles. The molecule has 2 aliphatic carbocycles. The molecule has 0 aromatic carbocycles. The van der Waals surface area contributed by atoms with Gasteiger partial charge in [0, 0.05) is 6.61 Å². The summed E-state index contributed by atoms with van der Waals surface area (Å²) in [5.41, 5.74) is 0. The Hall–Kier alpha value is -0.0800. The zero-order valence-electron chi connectivity index (χ0n) is 8.41. The van der Waals surface area contributed by atoms with Gasteiger partial charge in [-0.1, -0.05) is 0 Å². The van der Waals surface area contributed by atoms with Crippen LogP contribution in [-0.4, -0.2) is 23.9 Å². The number of hydrogen-bond acceptors (Lipinski definition) is 2. The minimum Gasteiger partial charge on any atom is -0.393 e. The number of ether oxygens (including phenoxy) is 1. The van der Waals surface area contributed by atoms with Gasteiger partial charge in [0.05, 0.1) is 12.2 Å². The highest BCUT2D eigenvalue weighted by atomic mass is 16.5. The van der Waals surface area contributed by atoms with Crippen LogP contribution in [0.5, 0.6) is 0 Å². The van der Waals surface area contributed by atoms with Crippen molar-refractivity contribution in [3.63, 3.8) is 0 Å². The molecular weight excluding hydrogens is 164 g/mol. The zero-order chi connectivity index (χ0) is 9.26. The molecule has 0 aromatic rings. The van der Waals surface area contributed by atoms with E-state index >= 15 is 0 Å². The Labute approximate surface area is 80.3 Å². The lowest BCUT2D eigenvalue weighted by Crippen LogP contribution is -2.34. The molecule has 2 aliphatic rings. The fraction of sp³-hybridized carbons (Fsp3) is 1.00. The Morgan fingerprint density at radius 1 is 1.38 bits per heavy atom. The second kappa shape index (κ2) is 3.97. The van der Waals surface area contributed by atoms with Gasteiger partial charge in [-0.3, -0.25) is 0 Å². The van der Waals surface area contributed by atoms with Crippen LogP contribution in [0.3, 0.4) is 0 Å². The summed E-state index contributed by atoms with van der Waals surface area (Å²) in [6, 6.07) is 0. The SMILES string of the molecule is CCOC1CC(CC(O)C2CC2)C1. The van der Waals surface area contributed by atoms with Gasteiger partial charge in [0.1, 0.15) is 0 Å². The maximum Gasteiger partial charge on any atom is 0.0580 e. The molecule has 0 radical (unpaired) electrons. The molecule has 76 valence electrons. The molecule has 2 nitrogen and oxygen atoms in total. The summed E-state index contributed by atoms with van der Waals surface area (Å²) < 4.78 is 5.48. The highest BCUT2D eigenvalue weighted by Crippen LogP contribution is 2.40. The van der Waals surface area contributed by atoms with Gasteiger partial charge in [0.25, 0.3) is 0 Å². The first-order valence-corrected chi connectivity index (χ1v) is 5.59. The summed E-state index contributed by atoms with van der Waals surface area (Å²) in [5.74, 6) is 1.39. The average molecular weight is 184 g/mol. The van der Waals surface area contributed by atoms with Crippen molar-refractivity contribution in [1.29, 1.82) is 0 Å². The number of aliphatic hydroxyl groups is 1. The second-order valence-corrected chi connectivity index (χ2v) is 4.56. The van der Waals surface area contributed by atoms with Gasteiger partial charge < -0.3 is 9.84 Å².